The summed E-state index contributed by atoms with van der Waals surface area (Å²) >= 11 is 0. The summed E-state index contributed by atoms with van der Waals surface area (Å²) in [5, 5.41) is 10.1. The second kappa shape index (κ2) is 9.41. The fourth-order valence-electron chi connectivity index (χ4n) is 3.97. The van der Waals surface area contributed by atoms with Crippen LogP contribution in [0.25, 0.3) is 0 Å². The monoisotopic (exact) mass is 403 g/mol. The number of hydrogen-bond donors (Lipinski definition) is 1. The molecule has 5 nitrogen and oxygen atoms in total. The van der Waals surface area contributed by atoms with Crippen LogP contribution in [0.15, 0.2) is 42.6 Å². The SMILES string of the molecule is CN(CC(=O)N1CCCC(CO)(Cc2ccc(F)cc2F)C1)Cc1ccccn1. The first kappa shape index (κ1) is 21.3. The molecule has 1 aromatic heterocycles. The number of rotatable bonds is 7. The zero-order valence-corrected chi connectivity index (χ0v) is 16.7. The summed E-state index contributed by atoms with van der Waals surface area (Å²) < 4.78 is 27.3. The van der Waals surface area contributed by atoms with Gasteiger partial charge in [0.2, 0.25) is 5.91 Å². The van der Waals surface area contributed by atoms with Gasteiger partial charge in [-0.2, -0.15) is 0 Å². The number of aliphatic hydroxyl groups excluding tert-OH is 1. The Hall–Kier alpha value is -2.38. The van der Waals surface area contributed by atoms with Crippen molar-refractivity contribution in [3.8, 4) is 0 Å². The molecule has 1 aliphatic rings. The van der Waals surface area contributed by atoms with E-state index < -0.39 is 17.0 Å². The summed E-state index contributed by atoms with van der Waals surface area (Å²) in [6.07, 6.45) is 3.41. The molecule has 2 heterocycles. The minimum Gasteiger partial charge on any atom is -0.396 e. The summed E-state index contributed by atoms with van der Waals surface area (Å²) in [6.45, 7) is 1.62. The normalized spacial score (nSPS) is 19.6. The van der Waals surface area contributed by atoms with Gasteiger partial charge in [-0.3, -0.25) is 14.7 Å². The van der Waals surface area contributed by atoms with E-state index in [0.29, 0.717) is 31.6 Å². The van der Waals surface area contributed by atoms with Crippen LogP contribution in [0.2, 0.25) is 0 Å². The first-order valence-corrected chi connectivity index (χ1v) is 9.82. The number of hydrogen-bond acceptors (Lipinski definition) is 4. The number of pyridine rings is 1. The molecule has 0 bridgehead atoms. The molecule has 156 valence electrons. The van der Waals surface area contributed by atoms with Crippen molar-refractivity contribution in [3.05, 3.63) is 65.5 Å². The highest BCUT2D eigenvalue weighted by molar-refractivity contribution is 5.78. The number of nitrogens with zero attached hydrogens (tertiary/aromatic N) is 3. The number of carbonyl (C=O) groups is 1. The fraction of sp³-hybridized carbons (Fsp3) is 0.455. The van der Waals surface area contributed by atoms with Crippen molar-refractivity contribution in [2.45, 2.75) is 25.8 Å². The van der Waals surface area contributed by atoms with Crippen LogP contribution < -0.4 is 0 Å². The highest BCUT2D eigenvalue weighted by Crippen LogP contribution is 2.34. The van der Waals surface area contributed by atoms with Gasteiger partial charge in [-0.15, -0.1) is 0 Å². The number of carbonyl (C=O) groups excluding carboxylic acids is 1. The Kier molecular flexibility index (Phi) is 6.92. The summed E-state index contributed by atoms with van der Waals surface area (Å²) in [5.41, 5.74) is 0.631. The molecule has 0 saturated carbocycles. The summed E-state index contributed by atoms with van der Waals surface area (Å²) in [4.78, 5) is 20.7. The van der Waals surface area contributed by atoms with Gasteiger partial charge < -0.3 is 10.0 Å². The highest BCUT2D eigenvalue weighted by Gasteiger charge is 2.37. The van der Waals surface area contributed by atoms with Gasteiger partial charge in [0.25, 0.3) is 0 Å². The van der Waals surface area contributed by atoms with E-state index in [4.69, 9.17) is 0 Å². The standard InChI is InChI=1S/C22H27F2N3O2/c1-26(13-19-5-2-3-9-25-19)14-21(29)27-10-4-8-22(15-27,16-28)12-17-6-7-18(23)11-20(17)24/h2-3,5-7,9,11,28H,4,8,10,12-16H2,1H3. The molecule has 1 atom stereocenters. The number of aromatic nitrogens is 1. The molecule has 1 saturated heterocycles. The Bertz CT molecular complexity index is 834. The van der Waals surface area contributed by atoms with Crippen LogP contribution in [-0.4, -0.2) is 59.1 Å². The maximum atomic E-state index is 14.1. The van der Waals surface area contributed by atoms with E-state index in [1.165, 1.54) is 12.1 Å². The van der Waals surface area contributed by atoms with Gasteiger partial charge in [0.1, 0.15) is 11.6 Å². The van der Waals surface area contributed by atoms with E-state index in [2.05, 4.69) is 4.98 Å². The molecule has 1 aliphatic heterocycles. The Morgan fingerprint density at radius 3 is 2.83 bits per heavy atom. The van der Waals surface area contributed by atoms with E-state index in [0.717, 1.165) is 18.2 Å². The molecule has 2 aromatic rings. The van der Waals surface area contributed by atoms with E-state index in [1.807, 2.05) is 30.1 Å². The zero-order chi connectivity index (χ0) is 20.9. The molecular formula is C22H27F2N3O2. The van der Waals surface area contributed by atoms with E-state index in [-0.39, 0.29) is 25.5 Å². The summed E-state index contributed by atoms with van der Waals surface area (Å²) in [6, 6.07) is 9.17. The van der Waals surface area contributed by atoms with Gasteiger partial charge in [0.05, 0.1) is 18.8 Å². The molecule has 1 aromatic carbocycles. The number of piperidine rings is 1. The molecule has 1 unspecified atom stereocenters. The topological polar surface area (TPSA) is 56.7 Å². The van der Waals surface area contributed by atoms with Crippen LogP contribution in [-0.2, 0) is 17.8 Å². The number of likely N-dealkylation sites (N-methyl/N-ethyl adjacent to an activating group) is 1. The third kappa shape index (κ3) is 5.58. The van der Waals surface area contributed by atoms with E-state index in [1.54, 1.807) is 11.1 Å². The number of benzene rings is 1. The van der Waals surface area contributed by atoms with Crippen molar-refractivity contribution in [1.29, 1.82) is 0 Å². The molecule has 0 spiro atoms. The highest BCUT2D eigenvalue weighted by atomic mass is 19.1. The molecule has 0 radical (unpaired) electrons. The van der Waals surface area contributed by atoms with Gasteiger partial charge in [-0.05, 0) is 50.1 Å². The van der Waals surface area contributed by atoms with Crippen LogP contribution in [0.1, 0.15) is 24.1 Å². The maximum absolute atomic E-state index is 14.1. The number of halogens is 2. The second-order valence-corrected chi connectivity index (χ2v) is 7.98. The minimum absolute atomic E-state index is 0.0273. The van der Waals surface area contributed by atoms with Gasteiger partial charge in [-0.25, -0.2) is 8.78 Å². The zero-order valence-electron chi connectivity index (χ0n) is 16.7. The average molecular weight is 403 g/mol. The lowest BCUT2D eigenvalue weighted by Crippen LogP contribution is -2.51. The van der Waals surface area contributed by atoms with Crippen molar-refractivity contribution in [1.82, 2.24) is 14.8 Å². The van der Waals surface area contributed by atoms with Crippen molar-refractivity contribution >= 4 is 5.91 Å². The predicted octanol–water partition coefficient (Wildman–Crippen LogP) is 2.64. The maximum Gasteiger partial charge on any atom is 0.236 e. The third-order valence-corrected chi connectivity index (χ3v) is 5.49. The van der Waals surface area contributed by atoms with Crippen molar-refractivity contribution < 1.29 is 18.7 Å². The second-order valence-electron chi connectivity index (χ2n) is 7.98. The Morgan fingerprint density at radius 2 is 2.14 bits per heavy atom. The fourth-order valence-corrected chi connectivity index (χ4v) is 3.97. The first-order valence-electron chi connectivity index (χ1n) is 9.82. The Balaban J connectivity index is 1.63. The molecule has 7 heteroatoms. The minimum atomic E-state index is -0.624. The molecule has 29 heavy (non-hydrogen) atoms. The summed E-state index contributed by atoms with van der Waals surface area (Å²) in [5.74, 6) is -1.27. The predicted molar refractivity (Wildman–Crippen MR) is 106 cm³/mol. The van der Waals surface area contributed by atoms with Crippen LogP contribution in [0.4, 0.5) is 8.78 Å². The lowest BCUT2D eigenvalue weighted by Gasteiger charge is -2.42. The van der Waals surface area contributed by atoms with Crippen LogP contribution in [0.3, 0.4) is 0 Å². The lowest BCUT2D eigenvalue weighted by atomic mass is 9.75. The molecular weight excluding hydrogens is 376 g/mol. The largest absolute Gasteiger partial charge is 0.396 e. The first-order chi connectivity index (χ1) is 13.9. The van der Waals surface area contributed by atoms with Gasteiger partial charge >= 0.3 is 0 Å². The van der Waals surface area contributed by atoms with Crippen LogP contribution >= 0.6 is 0 Å². The smallest absolute Gasteiger partial charge is 0.236 e. The van der Waals surface area contributed by atoms with E-state index >= 15 is 0 Å². The Labute approximate surface area is 170 Å². The summed E-state index contributed by atoms with van der Waals surface area (Å²) in [7, 11) is 1.86. The number of aliphatic hydroxyl groups is 1. The molecule has 1 fully saturated rings. The quantitative estimate of drug-likeness (QED) is 0.772. The Morgan fingerprint density at radius 1 is 1.31 bits per heavy atom. The third-order valence-electron chi connectivity index (χ3n) is 5.49. The average Bonchev–Trinajstić information content (AvgIpc) is 2.71. The molecule has 1 N–H and O–H groups in total. The van der Waals surface area contributed by atoms with Gasteiger partial charge in [0.15, 0.2) is 0 Å². The number of amides is 1. The van der Waals surface area contributed by atoms with Crippen molar-refractivity contribution in [2.75, 3.05) is 33.3 Å². The molecule has 3 rings (SSSR count). The molecule has 1 amide bonds. The lowest BCUT2D eigenvalue weighted by molar-refractivity contribution is -0.136. The van der Waals surface area contributed by atoms with E-state index in [9.17, 15) is 18.7 Å². The van der Waals surface area contributed by atoms with Crippen molar-refractivity contribution in [2.24, 2.45) is 5.41 Å². The van der Waals surface area contributed by atoms with Crippen LogP contribution in [0.5, 0.6) is 0 Å². The van der Waals surface area contributed by atoms with Crippen LogP contribution in [0, 0.1) is 17.0 Å². The van der Waals surface area contributed by atoms with Gasteiger partial charge in [0, 0.05) is 37.3 Å². The van der Waals surface area contributed by atoms with Gasteiger partial charge in [-0.1, -0.05) is 12.1 Å². The van der Waals surface area contributed by atoms with Crippen molar-refractivity contribution in [3.63, 3.8) is 0 Å². The molecule has 0 aliphatic carbocycles. The number of likely N-dealkylation sites (tertiary alicyclic amines) is 1.